The van der Waals surface area contributed by atoms with Crippen LogP contribution in [-0.4, -0.2) is 16.8 Å². The van der Waals surface area contributed by atoms with E-state index >= 15 is 0 Å². The fourth-order valence-electron chi connectivity index (χ4n) is 1.97. The summed E-state index contributed by atoms with van der Waals surface area (Å²) in [6.07, 6.45) is 11.8. The highest BCUT2D eigenvalue weighted by molar-refractivity contribution is 5.87. The van der Waals surface area contributed by atoms with Gasteiger partial charge in [0.1, 0.15) is 0 Å². The van der Waals surface area contributed by atoms with Crippen LogP contribution in [0.3, 0.4) is 0 Å². The highest BCUT2D eigenvalue weighted by Gasteiger charge is 2.38. The molecule has 0 saturated carbocycles. The number of hydrogen-bond acceptors (Lipinski definition) is 1. The summed E-state index contributed by atoms with van der Waals surface area (Å²) in [5.74, 6) is 0.131. The Kier molecular flexibility index (Phi) is 4.70. The molecule has 1 unspecified atom stereocenters. The quantitative estimate of drug-likeness (QED) is 0.523. The lowest BCUT2D eigenvalue weighted by molar-refractivity contribution is -0.140. The normalized spacial score (nSPS) is 21.6. The van der Waals surface area contributed by atoms with Crippen molar-refractivity contribution in [3.63, 3.8) is 0 Å². The van der Waals surface area contributed by atoms with E-state index in [4.69, 9.17) is 0 Å². The summed E-state index contributed by atoms with van der Waals surface area (Å²) in [5, 5.41) is 0. The van der Waals surface area contributed by atoms with E-state index in [1.165, 1.54) is 0 Å². The van der Waals surface area contributed by atoms with E-state index in [9.17, 15) is 4.79 Å². The molecule has 0 aromatic carbocycles. The molecule has 1 aliphatic heterocycles. The Morgan fingerprint density at radius 3 is 2.53 bits per heavy atom. The van der Waals surface area contributed by atoms with Gasteiger partial charge in [0.2, 0.25) is 5.91 Å². The van der Waals surface area contributed by atoms with Crippen molar-refractivity contribution in [2.24, 2.45) is 0 Å². The Bertz CT molecular complexity index is 413. The molecule has 1 rings (SSSR count). The lowest BCUT2D eigenvalue weighted by atomic mass is 9.92. The third-order valence-electron chi connectivity index (χ3n) is 2.80. The molecular formula is C15H19NO. The number of carbonyl (C=O) groups is 1. The van der Waals surface area contributed by atoms with E-state index in [1.54, 1.807) is 23.1 Å². The molecule has 0 bridgehead atoms. The molecule has 0 N–H and O–H groups in total. The predicted octanol–water partition coefficient (Wildman–Crippen LogP) is 3.37. The molecule has 1 aliphatic rings. The standard InChI is InChI=1S/C15H19NO/c1-5-9-12(7-3)14-11-15(17)16(14)13(8-4)10-6-2/h5-10,14H,2,4,11H2,1,3H3/b9-5-,12-7+,13-10+. The van der Waals surface area contributed by atoms with Crippen molar-refractivity contribution >= 4 is 5.91 Å². The third kappa shape index (κ3) is 2.64. The van der Waals surface area contributed by atoms with Crippen LogP contribution in [0.15, 0.2) is 60.9 Å². The van der Waals surface area contributed by atoms with Crippen LogP contribution in [-0.2, 0) is 4.79 Å². The molecule has 1 fully saturated rings. The lowest BCUT2D eigenvalue weighted by Crippen LogP contribution is -2.52. The second-order valence-corrected chi connectivity index (χ2v) is 3.80. The lowest BCUT2D eigenvalue weighted by Gasteiger charge is -2.41. The molecular weight excluding hydrogens is 210 g/mol. The van der Waals surface area contributed by atoms with E-state index in [1.807, 2.05) is 32.1 Å². The van der Waals surface area contributed by atoms with Gasteiger partial charge in [0.05, 0.1) is 12.5 Å². The maximum Gasteiger partial charge on any atom is 0.230 e. The van der Waals surface area contributed by atoms with Gasteiger partial charge < -0.3 is 4.90 Å². The number of β-lactam (4-membered cyclic amide) rings is 1. The van der Waals surface area contributed by atoms with E-state index in [0.29, 0.717) is 6.42 Å². The van der Waals surface area contributed by atoms with Crippen LogP contribution in [0, 0.1) is 0 Å². The first-order valence-electron chi connectivity index (χ1n) is 5.75. The van der Waals surface area contributed by atoms with Crippen molar-refractivity contribution in [3.05, 3.63) is 60.9 Å². The summed E-state index contributed by atoms with van der Waals surface area (Å²) in [6.45, 7) is 11.3. The Labute approximate surface area is 103 Å². The average molecular weight is 229 g/mol. The molecule has 1 amide bonds. The second kappa shape index (κ2) is 6.04. The molecule has 0 aromatic heterocycles. The van der Waals surface area contributed by atoms with Gasteiger partial charge >= 0.3 is 0 Å². The number of allylic oxidation sites excluding steroid dienone is 5. The predicted molar refractivity (Wildman–Crippen MR) is 72.3 cm³/mol. The number of likely N-dealkylation sites (tertiary alicyclic amines) is 1. The summed E-state index contributed by atoms with van der Waals surface area (Å²) in [5.41, 5.74) is 1.97. The van der Waals surface area contributed by atoms with Crippen molar-refractivity contribution < 1.29 is 4.79 Å². The highest BCUT2D eigenvalue weighted by Crippen LogP contribution is 2.31. The number of amides is 1. The molecule has 1 atom stereocenters. The zero-order valence-electron chi connectivity index (χ0n) is 10.5. The monoisotopic (exact) mass is 229 g/mol. The van der Waals surface area contributed by atoms with Gasteiger partial charge in [-0.1, -0.05) is 37.5 Å². The van der Waals surface area contributed by atoms with Crippen LogP contribution in [0.25, 0.3) is 0 Å². The summed E-state index contributed by atoms with van der Waals surface area (Å²) in [6, 6.07) is 0.132. The molecule has 0 spiro atoms. The van der Waals surface area contributed by atoms with Gasteiger partial charge in [-0.15, -0.1) is 0 Å². The van der Waals surface area contributed by atoms with Gasteiger partial charge in [0.25, 0.3) is 0 Å². The fourth-order valence-corrected chi connectivity index (χ4v) is 1.97. The van der Waals surface area contributed by atoms with Crippen molar-refractivity contribution in [1.82, 2.24) is 4.90 Å². The van der Waals surface area contributed by atoms with E-state index in [0.717, 1.165) is 11.3 Å². The van der Waals surface area contributed by atoms with Gasteiger partial charge in [-0.25, -0.2) is 0 Å². The summed E-state index contributed by atoms with van der Waals surface area (Å²) in [4.78, 5) is 13.5. The van der Waals surface area contributed by atoms with Crippen LogP contribution in [0.1, 0.15) is 20.3 Å². The topological polar surface area (TPSA) is 20.3 Å². The van der Waals surface area contributed by atoms with Crippen molar-refractivity contribution in [1.29, 1.82) is 0 Å². The smallest absolute Gasteiger partial charge is 0.230 e. The Morgan fingerprint density at radius 2 is 2.12 bits per heavy atom. The van der Waals surface area contributed by atoms with Crippen molar-refractivity contribution in [2.75, 3.05) is 0 Å². The van der Waals surface area contributed by atoms with E-state index in [2.05, 4.69) is 13.2 Å². The Balaban J connectivity index is 2.98. The van der Waals surface area contributed by atoms with Gasteiger partial charge in [-0.05, 0) is 31.6 Å². The first kappa shape index (κ1) is 13.2. The second-order valence-electron chi connectivity index (χ2n) is 3.80. The zero-order chi connectivity index (χ0) is 12.8. The zero-order valence-corrected chi connectivity index (χ0v) is 10.5. The van der Waals surface area contributed by atoms with Gasteiger partial charge in [-0.3, -0.25) is 4.79 Å². The van der Waals surface area contributed by atoms with E-state index < -0.39 is 0 Å². The average Bonchev–Trinajstić information content (AvgIpc) is 2.32. The van der Waals surface area contributed by atoms with Gasteiger partial charge in [-0.2, -0.15) is 0 Å². The first-order chi connectivity index (χ1) is 8.19. The Hall–Kier alpha value is -1.83. The van der Waals surface area contributed by atoms with Gasteiger partial charge in [0.15, 0.2) is 0 Å². The molecule has 1 heterocycles. The maximum atomic E-state index is 11.7. The molecule has 2 nitrogen and oxygen atoms in total. The van der Waals surface area contributed by atoms with Crippen molar-refractivity contribution in [2.45, 2.75) is 26.3 Å². The largest absolute Gasteiger partial charge is 0.304 e. The van der Waals surface area contributed by atoms with E-state index in [-0.39, 0.29) is 11.9 Å². The number of nitrogens with zero attached hydrogens (tertiary/aromatic N) is 1. The molecule has 17 heavy (non-hydrogen) atoms. The third-order valence-corrected chi connectivity index (χ3v) is 2.80. The molecule has 90 valence electrons. The van der Waals surface area contributed by atoms with Crippen molar-refractivity contribution in [3.8, 4) is 0 Å². The SMILES string of the molecule is C=C/C=C(\C=C)N1C(=O)CC1C(/C=C\C)=C/C. The first-order valence-corrected chi connectivity index (χ1v) is 5.75. The fraction of sp³-hybridized carbons (Fsp3) is 0.267. The molecule has 0 radical (unpaired) electrons. The van der Waals surface area contributed by atoms with Crippen LogP contribution in [0.5, 0.6) is 0 Å². The molecule has 2 heteroatoms. The van der Waals surface area contributed by atoms with Crippen LogP contribution >= 0.6 is 0 Å². The summed E-state index contributed by atoms with van der Waals surface area (Å²) in [7, 11) is 0. The molecule has 0 aromatic rings. The maximum absolute atomic E-state index is 11.7. The van der Waals surface area contributed by atoms with Crippen LogP contribution < -0.4 is 0 Å². The number of hydrogen-bond donors (Lipinski definition) is 0. The summed E-state index contributed by atoms with van der Waals surface area (Å²) < 4.78 is 0. The number of rotatable bonds is 5. The van der Waals surface area contributed by atoms with Crippen LogP contribution in [0.2, 0.25) is 0 Å². The minimum atomic E-state index is 0.131. The van der Waals surface area contributed by atoms with Gasteiger partial charge in [0, 0.05) is 5.70 Å². The van der Waals surface area contributed by atoms with Crippen LogP contribution in [0.4, 0.5) is 0 Å². The Morgan fingerprint density at radius 1 is 1.41 bits per heavy atom. The number of carbonyl (C=O) groups excluding carboxylic acids is 1. The molecule has 0 aliphatic carbocycles. The minimum Gasteiger partial charge on any atom is -0.304 e. The molecule has 1 saturated heterocycles. The minimum absolute atomic E-state index is 0.131. The highest BCUT2D eigenvalue weighted by atomic mass is 16.2. The summed E-state index contributed by atoms with van der Waals surface area (Å²) >= 11 is 0.